The molecule has 0 radical (unpaired) electrons. The molecule has 1 heterocycles. The number of carbonyl (C=O) groups is 3. The Morgan fingerprint density at radius 2 is 1.86 bits per heavy atom. The third-order valence-corrected chi connectivity index (χ3v) is 6.17. The van der Waals surface area contributed by atoms with Crippen LogP contribution >= 0.6 is 11.6 Å². The predicted molar refractivity (Wildman–Crippen MR) is 143 cm³/mol. The zero-order valence-corrected chi connectivity index (χ0v) is 22.8. The molecule has 37 heavy (non-hydrogen) atoms. The molecule has 3 rings (SSSR count). The summed E-state index contributed by atoms with van der Waals surface area (Å²) in [5.74, 6) is -0.227. The number of anilines is 2. The van der Waals surface area contributed by atoms with Gasteiger partial charge in [-0.2, -0.15) is 0 Å². The highest BCUT2D eigenvalue weighted by Crippen LogP contribution is 2.41. The van der Waals surface area contributed by atoms with Crippen LogP contribution in [0.5, 0.6) is 5.75 Å². The number of nitrogens with one attached hydrogen (secondary N) is 2. The molecule has 0 bridgehead atoms. The second-order valence-electron chi connectivity index (χ2n) is 9.84. The van der Waals surface area contributed by atoms with Gasteiger partial charge in [-0.05, 0) is 65.2 Å². The SMILES string of the molecule is COc1c(C)c2c(c(NC(=O)Nc3ccccc3Cl)c1CC=C(C)CCC(=O)OC(C)(C)C)C(=O)OC2. The fourth-order valence-corrected chi connectivity index (χ4v) is 4.27. The number of rotatable bonds is 8. The van der Waals surface area contributed by atoms with Crippen molar-refractivity contribution in [2.75, 3.05) is 17.7 Å². The topological polar surface area (TPSA) is 103 Å². The number of para-hydroxylation sites is 1. The number of urea groups is 1. The maximum absolute atomic E-state index is 13.0. The number of esters is 2. The van der Waals surface area contributed by atoms with Gasteiger partial charge in [-0.3, -0.25) is 4.79 Å². The highest BCUT2D eigenvalue weighted by atomic mass is 35.5. The predicted octanol–water partition coefficient (Wildman–Crippen LogP) is 6.58. The van der Waals surface area contributed by atoms with Crippen LogP contribution in [0.15, 0.2) is 35.9 Å². The standard InChI is InChI=1S/C28H33ClN2O6/c1-16(12-14-22(32)37-28(3,4)5)11-13-18-24(31-27(34)30-21-10-8-7-9-20(21)29)23-19(15-36-26(23)33)17(2)25(18)35-6/h7-11H,12-15H2,1-6H3,(H2,30,31,34). The molecule has 2 aromatic rings. The third kappa shape index (κ3) is 7.04. The lowest BCUT2D eigenvalue weighted by Gasteiger charge is -2.20. The number of carbonyl (C=O) groups excluding carboxylic acids is 3. The van der Waals surface area contributed by atoms with Crippen LogP contribution in [0.3, 0.4) is 0 Å². The smallest absolute Gasteiger partial charge is 0.341 e. The Balaban J connectivity index is 1.91. The minimum atomic E-state index is -0.562. The van der Waals surface area contributed by atoms with Crippen molar-refractivity contribution < 1.29 is 28.6 Å². The zero-order valence-electron chi connectivity index (χ0n) is 22.0. The van der Waals surface area contributed by atoms with E-state index in [0.29, 0.717) is 51.7 Å². The minimum absolute atomic E-state index is 0.0994. The summed E-state index contributed by atoms with van der Waals surface area (Å²) in [5, 5.41) is 5.93. The van der Waals surface area contributed by atoms with Crippen LogP contribution in [-0.4, -0.2) is 30.7 Å². The van der Waals surface area contributed by atoms with E-state index in [1.165, 1.54) is 0 Å². The molecule has 0 unspecified atom stereocenters. The van der Waals surface area contributed by atoms with E-state index in [1.807, 2.05) is 40.7 Å². The monoisotopic (exact) mass is 528 g/mol. The van der Waals surface area contributed by atoms with Gasteiger partial charge in [-0.25, -0.2) is 9.59 Å². The second kappa shape index (κ2) is 11.7. The molecule has 0 atom stereocenters. The van der Waals surface area contributed by atoms with Crippen molar-refractivity contribution in [3.8, 4) is 5.75 Å². The summed E-state index contributed by atoms with van der Waals surface area (Å²) in [5.41, 5.74) is 3.55. The van der Waals surface area contributed by atoms with Gasteiger partial charge in [-0.1, -0.05) is 35.4 Å². The molecular formula is C28H33ClN2O6. The lowest BCUT2D eigenvalue weighted by molar-refractivity contribution is -0.154. The fraction of sp³-hybridized carbons (Fsp3) is 0.393. The van der Waals surface area contributed by atoms with Crippen LogP contribution in [-0.2, 0) is 27.3 Å². The maximum Gasteiger partial charge on any atom is 0.341 e. The number of benzene rings is 2. The van der Waals surface area contributed by atoms with Crippen molar-refractivity contribution in [3.05, 3.63) is 63.2 Å². The Labute approximate surface area is 222 Å². The van der Waals surface area contributed by atoms with E-state index in [9.17, 15) is 14.4 Å². The summed E-state index contributed by atoms with van der Waals surface area (Å²) in [7, 11) is 1.54. The summed E-state index contributed by atoms with van der Waals surface area (Å²) >= 11 is 6.18. The number of methoxy groups -OCH3 is 1. The minimum Gasteiger partial charge on any atom is -0.496 e. The van der Waals surface area contributed by atoms with Crippen LogP contribution in [0.4, 0.5) is 16.2 Å². The molecule has 0 aliphatic carbocycles. The molecule has 1 aliphatic rings. The molecule has 2 N–H and O–H groups in total. The van der Waals surface area contributed by atoms with Gasteiger partial charge in [0.05, 0.1) is 29.1 Å². The van der Waals surface area contributed by atoms with E-state index < -0.39 is 17.6 Å². The Hall–Kier alpha value is -3.52. The van der Waals surface area contributed by atoms with E-state index in [4.69, 9.17) is 25.8 Å². The average molecular weight is 529 g/mol. The number of hydrogen-bond donors (Lipinski definition) is 2. The summed E-state index contributed by atoms with van der Waals surface area (Å²) in [4.78, 5) is 37.8. The fourth-order valence-electron chi connectivity index (χ4n) is 4.09. The first-order valence-corrected chi connectivity index (χ1v) is 12.4. The molecular weight excluding hydrogens is 496 g/mol. The summed E-state index contributed by atoms with van der Waals surface area (Å²) in [6, 6.07) is 6.29. The molecule has 0 spiro atoms. The van der Waals surface area contributed by atoms with Gasteiger partial charge in [0.2, 0.25) is 0 Å². The van der Waals surface area contributed by atoms with Gasteiger partial charge in [0.15, 0.2) is 0 Å². The molecule has 198 valence electrons. The normalized spacial score (nSPS) is 13.1. The molecule has 0 aromatic heterocycles. The van der Waals surface area contributed by atoms with Gasteiger partial charge >= 0.3 is 18.0 Å². The quantitative estimate of drug-likeness (QED) is 0.296. The van der Waals surface area contributed by atoms with Crippen molar-refractivity contribution in [2.24, 2.45) is 0 Å². The van der Waals surface area contributed by atoms with Gasteiger partial charge in [0, 0.05) is 17.5 Å². The second-order valence-corrected chi connectivity index (χ2v) is 10.2. The Bertz CT molecular complexity index is 1250. The van der Waals surface area contributed by atoms with Gasteiger partial charge in [0.25, 0.3) is 0 Å². The Morgan fingerprint density at radius 1 is 1.16 bits per heavy atom. The Kier molecular flexibility index (Phi) is 8.86. The van der Waals surface area contributed by atoms with E-state index >= 15 is 0 Å². The number of fused-ring (bicyclic) bond motifs is 1. The van der Waals surface area contributed by atoms with Gasteiger partial charge < -0.3 is 24.8 Å². The molecule has 0 saturated heterocycles. The first-order chi connectivity index (χ1) is 17.4. The van der Waals surface area contributed by atoms with Crippen LogP contribution in [0.2, 0.25) is 5.02 Å². The number of ether oxygens (including phenoxy) is 3. The molecule has 8 nitrogen and oxygen atoms in total. The number of allylic oxidation sites excluding steroid dienone is 2. The van der Waals surface area contributed by atoms with E-state index in [1.54, 1.807) is 31.4 Å². The largest absolute Gasteiger partial charge is 0.496 e. The maximum atomic E-state index is 13.0. The van der Waals surface area contributed by atoms with E-state index in [0.717, 1.165) is 11.1 Å². The highest BCUT2D eigenvalue weighted by molar-refractivity contribution is 6.33. The van der Waals surface area contributed by atoms with Gasteiger partial charge in [-0.15, -0.1) is 0 Å². The van der Waals surface area contributed by atoms with Crippen LogP contribution in [0.25, 0.3) is 0 Å². The molecule has 1 aliphatic heterocycles. The summed E-state index contributed by atoms with van der Waals surface area (Å²) < 4.78 is 16.4. The van der Waals surface area contributed by atoms with Crippen LogP contribution in [0.1, 0.15) is 67.6 Å². The zero-order chi connectivity index (χ0) is 27.3. The number of halogens is 1. The molecule has 2 aromatic carbocycles. The first kappa shape index (κ1) is 28.1. The average Bonchev–Trinajstić information content (AvgIpc) is 3.20. The van der Waals surface area contributed by atoms with E-state index in [-0.39, 0.29) is 19.0 Å². The lowest BCUT2D eigenvalue weighted by Crippen LogP contribution is -2.23. The molecule has 0 saturated carbocycles. The lowest BCUT2D eigenvalue weighted by atomic mass is 9.93. The van der Waals surface area contributed by atoms with Crippen molar-refractivity contribution in [2.45, 2.75) is 66.1 Å². The van der Waals surface area contributed by atoms with Gasteiger partial charge in [0.1, 0.15) is 18.0 Å². The number of hydrogen-bond acceptors (Lipinski definition) is 6. The summed E-state index contributed by atoms with van der Waals surface area (Å²) in [6.45, 7) is 9.37. The van der Waals surface area contributed by atoms with E-state index in [2.05, 4.69) is 10.6 Å². The van der Waals surface area contributed by atoms with Crippen molar-refractivity contribution in [1.82, 2.24) is 0 Å². The van der Waals surface area contributed by atoms with Crippen molar-refractivity contribution >= 4 is 40.9 Å². The molecule has 9 heteroatoms. The van der Waals surface area contributed by atoms with Crippen molar-refractivity contribution in [3.63, 3.8) is 0 Å². The third-order valence-electron chi connectivity index (χ3n) is 5.84. The molecule has 0 fully saturated rings. The number of cyclic esters (lactones) is 1. The number of amides is 2. The summed E-state index contributed by atoms with van der Waals surface area (Å²) in [6.07, 6.45) is 3.06. The van der Waals surface area contributed by atoms with Crippen LogP contribution < -0.4 is 15.4 Å². The highest BCUT2D eigenvalue weighted by Gasteiger charge is 2.32. The molecule has 2 amide bonds. The van der Waals surface area contributed by atoms with Crippen molar-refractivity contribution in [1.29, 1.82) is 0 Å². The Morgan fingerprint density at radius 3 is 2.51 bits per heavy atom. The first-order valence-electron chi connectivity index (χ1n) is 12.0. The van der Waals surface area contributed by atoms with Crippen LogP contribution in [0, 0.1) is 6.92 Å².